The number of hydrogen-bond donors (Lipinski definition) is 1. The molecule has 0 aliphatic carbocycles. The van der Waals surface area contributed by atoms with Gasteiger partial charge in [-0.3, -0.25) is 0 Å². The Bertz CT molecular complexity index is 633. The SMILES string of the molecule is CO[C@H]1O[C@H](CO)C[C@H](OCc2ccccc2)[C@H]1OCc1ccccc1. The van der Waals surface area contributed by atoms with E-state index >= 15 is 0 Å². The highest BCUT2D eigenvalue weighted by molar-refractivity contribution is 5.14. The van der Waals surface area contributed by atoms with Gasteiger partial charge in [0.15, 0.2) is 6.29 Å². The van der Waals surface area contributed by atoms with Crippen LogP contribution in [0.25, 0.3) is 0 Å². The molecule has 5 heteroatoms. The summed E-state index contributed by atoms with van der Waals surface area (Å²) in [5, 5.41) is 9.52. The maximum absolute atomic E-state index is 9.52. The average Bonchev–Trinajstić information content (AvgIpc) is 2.72. The predicted molar refractivity (Wildman–Crippen MR) is 97.4 cm³/mol. The van der Waals surface area contributed by atoms with Crippen LogP contribution in [0.2, 0.25) is 0 Å². The van der Waals surface area contributed by atoms with Crippen molar-refractivity contribution in [2.24, 2.45) is 0 Å². The van der Waals surface area contributed by atoms with Crippen molar-refractivity contribution in [3.05, 3.63) is 71.8 Å². The molecule has 0 radical (unpaired) electrons. The first-order valence-corrected chi connectivity index (χ1v) is 8.90. The van der Waals surface area contributed by atoms with E-state index in [0.717, 1.165) is 11.1 Å². The smallest absolute Gasteiger partial charge is 0.186 e. The van der Waals surface area contributed by atoms with E-state index in [1.54, 1.807) is 7.11 Å². The summed E-state index contributed by atoms with van der Waals surface area (Å²) in [6, 6.07) is 20.0. The van der Waals surface area contributed by atoms with Gasteiger partial charge in [-0.1, -0.05) is 60.7 Å². The first-order valence-electron chi connectivity index (χ1n) is 8.90. The maximum Gasteiger partial charge on any atom is 0.186 e. The van der Waals surface area contributed by atoms with Crippen LogP contribution in [0, 0.1) is 0 Å². The first kappa shape index (κ1) is 19.0. The summed E-state index contributed by atoms with van der Waals surface area (Å²) >= 11 is 0. The number of hydrogen-bond acceptors (Lipinski definition) is 5. The fourth-order valence-corrected chi connectivity index (χ4v) is 3.09. The standard InChI is InChI=1S/C21H26O5/c1-23-21-20(25-15-17-10-6-3-7-11-17)19(12-18(13-22)26-21)24-14-16-8-4-2-5-9-16/h2-11,18-22H,12-15H2,1H3/t18-,19-,20+,21-/m0/s1. The van der Waals surface area contributed by atoms with E-state index in [2.05, 4.69) is 0 Å². The Kier molecular flexibility index (Phi) is 7.17. The van der Waals surface area contributed by atoms with Crippen molar-refractivity contribution >= 4 is 0 Å². The Morgan fingerprint density at radius 3 is 2.04 bits per heavy atom. The van der Waals surface area contributed by atoms with Gasteiger partial charge in [0.1, 0.15) is 6.10 Å². The molecule has 0 bridgehead atoms. The summed E-state index contributed by atoms with van der Waals surface area (Å²) in [4.78, 5) is 0. The van der Waals surface area contributed by atoms with Crippen molar-refractivity contribution in [3.63, 3.8) is 0 Å². The van der Waals surface area contributed by atoms with Crippen molar-refractivity contribution in [3.8, 4) is 0 Å². The van der Waals surface area contributed by atoms with Gasteiger partial charge < -0.3 is 24.1 Å². The maximum atomic E-state index is 9.52. The minimum absolute atomic E-state index is 0.0730. The van der Waals surface area contributed by atoms with Crippen LogP contribution < -0.4 is 0 Å². The lowest BCUT2D eigenvalue weighted by Gasteiger charge is -2.40. The van der Waals surface area contributed by atoms with Crippen LogP contribution in [-0.2, 0) is 32.2 Å². The van der Waals surface area contributed by atoms with Gasteiger partial charge in [0, 0.05) is 13.5 Å². The van der Waals surface area contributed by atoms with E-state index < -0.39 is 6.29 Å². The Hall–Kier alpha value is -1.76. The zero-order valence-electron chi connectivity index (χ0n) is 15.0. The van der Waals surface area contributed by atoms with Gasteiger partial charge in [0.2, 0.25) is 0 Å². The highest BCUT2D eigenvalue weighted by Crippen LogP contribution is 2.27. The lowest BCUT2D eigenvalue weighted by molar-refractivity contribution is -0.284. The van der Waals surface area contributed by atoms with Crippen LogP contribution in [0.3, 0.4) is 0 Å². The number of benzene rings is 2. The molecule has 140 valence electrons. The summed E-state index contributed by atoms with van der Waals surface area (Å²) in [6.45, 7) is 0.853. The average molecular weight is 358 g/mol. The highest BCUT2D eigenvalue weighted by atomic mass is 16.7. The molecule has 0 unspecified atom stereocenters. The Morgan fingerprint density at radius 1 is 0.923 bits per heavy atom. The van der Waals surface area contributed by atoms with Crippen LogP contribution >= 0.6 is 0 Å². The minimum atomic E-state index is -0.578. The second-order valence-corrected chi connectivity index (χ2v) is 6.38. The number of rotatable bonds is 8. The van der Waals surface area contributed by atoms with Gasteiger partial charge >= 0.3 is 0 Å². The van der Waals surface area contributed by atoms with Crippen LogP contribution in [0.5, 0.6) is 0 Å². The van der Waals surface area contributed by atoms with Crippen LogP contribution in [0.1, 0.15) is 17.5 Å². The molecule has 1 aliphatic heterocycles. The zero-order valence-corrected chi connectivity index (χ0v) is 15.0. The van der Waals surface area contributed by atoms with E-state index in [1.165, 1.54) is 0 Å². The molecule has 1 saturated heterocycles. The largest absolute Gasteiger partial charge is 0.394 e. The van der Waals surface area contributed by atoms with E-state index in [4.69, 9.17) is 18.9 Å². The van der Waals surface area contributed by atoms with Gasteiger partial charge in [-0.05, 0) is 11.1 Å². The van der Waals surface area contributed by atoms with E-state index in [-0.39, 0.29) is 24.9 Å². The van der Waals surface area contributed by atoms with Crippen molar-refractivity contribution < 1.29 is 24.1 Å². The lowest BCUT2D eigenvalue weighted by Crippen LogP contribution is -2.52. The van der Waals surface area contributed by atoms with Crippen LogP contribution in [0.15, 0.2) is 60.7 Å². The number of aliphatic hydroxyl groups is 1. The minimum Gasteiger partial charge on any atom is -0.394 e. The third-order valence-corrected chi connectivity index (χ3v) is 4.48. The normalized spacial score (nSPS) is 25.9. The molecule has 2 aromatic carbocycles. The molecular weight excluding hydrogens is 332 g/mol. The van der Waals surface area contributed by atoms with Gasteiger partial charge in [-0.25, -0.2) is 0 Å². The molecule has 1 aliphatic rings. The third kappa shape index (κ3) is 5.13. The monoisotopic (exact) mass is 358 g/mol. The summed E-state index contributed by atoms with van der Waals surface area (Å²) in [7, 11) is 1.58. The van der Waals surface area contributed by atoms with Crippen molar-refractivity contribution in [2.75, 3.05) is 13.7 Å². The molecule has 3 rings (SSSR count). The molecule has 0 saturated carbocycles. The van der Waals surface area contributed by atoms with Gasteiger partial charge in [-0.2, -0.15) is 0 Å². The Balaban J connectivity index is 1.67. The van der Waals surface area contributed by atoms with Gasteiger partial charge in [0.05, 0.1) is 32.0 Å². The van der Waals surface area contributed by atoms with E-state index in [1.807, 2.05) is 60.7 Å². The molecule has 1 N–H and O–H groups in total. The molecule has 2 aromatic rings. The molecule has 1 fully saturated rings. The van der Waals surface area contributed by atoms with Gasteiger partial charge in [0.25, 0.3) is 0 Å². The van der Waals surface area contributed by atoms with Crippen molar-refractivity contribution in [1.82, 2.24) is 0 Å². The molecule has 26 heavy (non-hydrogen) atoms. The molecular formula is C21H26O5. The molecule has 4 atom stereocenters. The van der Waals surface area contributed by atoms with Crippen LogP contribution in [-0.4, -0.2) is 43.4 Å². The summed E-state index contributed by atoms with van der Waals surface area (Å²) < 4.78 is 23.5. The highest BCUT2D eigenvalue weighted by Gasteiger charge is 2.40. The van der Waals surface area contributed by atoms with Crippen LogP contribution in [0.4, 0.5) is 0 Å². The Labute approximate surface area is 154 Å². The number of aliphatic hydroxyl groups excluding tert-OH is 1. The quantitative estimate of drug-likeness (QED) is 0.786. The van der Waals surface area contributed by atoms with Gasteiger partial charge in [-0.15, -0.1) is 0 Å². The first-order chi connectivity index (χ1) is 12.8. The lowest BCUT2D eigenvalue weighted by atomic mass is 10.0. The number of ether oxygens (including phenoxy) is 4. The number of methoxy groups -OCH3 is 1. The van der Waals surface area contributed by atoms with Crippen molar-refractivity contribution in [1.29, 1.82) is 0 Å². The molecule has 5 nitrogen and oxygen atoms in total. The molecule has 0 amide bonds. The molecule has 1 heterocycles. The fraction of sp³-hybridized carbons (Fsp3) is 0.429. The summed E-state index contributed by atoms with van der Waals surface area (Å²) in [6.07, 6.45) is -0.938. The summed E-state index contributed by atoms with van der Waals surface area (Å²) in [5.74, 6) is 0. The topological polar surface area (TPSA) is 57.2 Å². The fourth-order valence-electron chi connectivity index (χ4n) is 3.09. The Morgan fingerprint density at radius 2 is 1.50 bits per heavy atom. The van der Waals surface area contributed by atoms with E-state index in [0.29, 0.717) is 19.6 Å². The van der Waals surface area contributed by atoms with Crippen molar-refractivity contribution in [2.45, 2.75) is 44.2 Å². The summed E-state index contributed by atoms with van der Waals surface area (Å²) in [5.41, 5.74) is 2.17. The third-order valence-electron chi connectivity index (χ3n) is 4.48. The second kappa shape index (κ2) is 9.80. The molecule has 0 spiro atoms. The predicted octanol–water partition coefficient (Wildman–Crippen LogP) is 2.91. The van der Waals surface area contributed by atoms with E-state index in [9.17, 15) is 5.11 Å². The zero-order chi connectivity index (χ0) is 18.2. The second-order valence-electron chi connectivity index (χ2n) is 6.38. The molecule has 0 aromatic heterocycles.